The molecule has 0 saturated carbocycles. The Bertz CT molecular complexity index is 324. The number of rotatable bonds is 4. The van der Waals surface area contributed by atoms with Crippen molar-refractivity contribution in [2.24, 2.45) is 0 Å². The van der Waals surface area contributed by atoms with Gasteiger partial charge in [0.2, 0.25) is 0 Å². The lowest BCUT2D eigenvalue weighted by Crippen LogP contribution is -2.02. The lowest BCUT2D eigenvalue weighted by atomic mass is 10.4. The fourth-order valence-electron chi connectivity index (χ4n) is 0.829. The molecule has 0 aliphatic carbocycles. The highest BCUT2D eigenvalue weighted by Gasteiger charge is 2.23. The number of halogens is 1. The van der Waals surface area contributed by atoms with Gasteiger partial charge in [-0.3, -0.25) is 4.52 Å². The molecule has 0 aliphatic heterocycles. The van der Waals surface area contributed by atoms with Crippen LogP contribution in [-0.4, -0.2) is 6.61 Å². The Labute approximate surface area is 76.6 Å². The van der Waals surface area contributed by atoms with Gasteiger partial charge in [0, 0.05) is 0 Å². The van der Waals surface area contributed by atoms with Crippen molar-refractivity contribution in [1.29, 1.82) is 0 Å². The predicted octanol–water partition coefficient (Wildman–Crippen LogP) is 2.68. The van der Waals surface area contributed by atoms with E-state index in [0.717, 1.165) is 0 Å². The third-order valence-electron chi connectivity index (χ3n) is 1.42. The van der Waals surface area contributed by atoms with Gasteiger partial charge in [-0.05, 0) is 12.1 Å². The first-order chi connectivity index (χ1) is 6.17. The van der Waals surface area contributed by atoms with Gasteiger partial charge in [0.1, 0.15) is 0 Å². The van der Waals surface area contributed by atoms with E-state index >= 15 is 0 Å². The topological polar surface area (TPSA) is 26.3 Å². The van der Waals surface area contributed by atoms with E-state index in [1.807, 2.05) is 0 Å². The Balaban J connectivity index is 2.81. The highest BCUT2D eigenvalue weighted by Crippen LogP contribution is 2.46. The molecule has 0 heterocycles. The Hall–Kier alpha value is -0.920. The van der Waals surface area contributed by atoms with Crippen molar-refractivity contribution in [3.63, 3.8) is 0 Å². The Morgan fingerprint density at radius 1 is 1.46 bits per heavy atom. The van der Waals surface area contributed by atoms with E-state index in [4.69, 9.17) is 0 Å². The molecule has 0 saturated heterocycles. The van der Waals surface area contributed by atoms with E-state index < -0.39 is 7.68 Å². The van der Waals surface area contributed by atoms with Gasteiger partial charge in [-0.1, -0.05) is 24.3 Å². The van der Waals surface area contributed by atoms with E-state index in [2.05, 4.69) is 11.1 Å². The molecule has 1 atom stereocenters. The second kappa shape index (κ2) is 4.35. The predicted molar refractivity (Wildman–Crippen MR) is 50.9 cm³/mol. The van der Waals surface area contributed by atoms with Crippen LogP contribution in [0.3, 0.4) is 0 Å². The summed E-state index contributed by atoms with van der Waals surface area (Å²) in [5.41, 5.74) is 0. The van der Waals surface area contributed by atoms with Crippen molar-refractivity contribution >= 4 is 13.0 Å². The third-order valence-corrected chi connectivity index (χ3v) is 2.82. The fourth-order valence-corrected chi connectivity index (χ4v) is 1.80. The smallest absolute Gasteiger partial charge is 0.298 e. The second-order valence-electron chi connectivity index (χ2n) is 2.40. The first-order valence-electron chi connectivity index (χ1n) is 3.77. The zero-order valence-corrected chi connectivity index (χ0v) is 7.91. The Kier molecular flexibility index (Phi) is 3.40. The minimum absolute atomic E-state index is 0.0529. The molecule has 0 bridgehead atoms. The van der Waals surface area contributed by atoms with Crippen LogP contribution >= 0.6 is 7.68 Å². The summed E-state index contributed by atoms with van der Waals surface area (Å²) < 4.78 is 29.1. The van der Waals surface area contributed by atoms with Crippen LogP contribution in [0.1, 0.15) is 0 Å². The van der Waals surface area contributed by atoms with E-state index in [-0.39, 0.29) is 11.9 Å². The molecule has 0 aromatic heterocycles. The maximum atomic E-state index is 13.3. The van der Waals surface area contributed by atoms with Crippen molar-refractivity contribution in [2.75, 3.05) is 6.61 Å². The fraction of sp³-hybridized carbons (Fsp3) is 0.111. The van der Waals surface area contributed by atoms with Gasteiger partial charge in [-0.25, -0.2) is 4.57 Å². The molecule has 1 aromatic rings. The summed E-state index contributed by atoms with van der Waals surface area (Å²) in [4.78, 5) is 0. The summed E-state index contributed by atoms with van der Waals surface area (Å²) in [6.45, 7) is 3.29. The average Bonchev–Trinajstić information content (AvgIpc) is 2.16. The minimum atomic E-state index is -4.13. The maximum absolute atomic E-state index is 13.3. The largest absolute Gasteiger partial charge is 0.397 e. The summed E-state index contributed by atoms with van der Waals surface area (Å²) >= 11 is 0. The van der Waals surface area contributed by atoms with Crippen molar-refractivity contribution in [3.8, 4) is 0 Å². The average molecular weight is 200 g/mol. The first-order valence-corrected chi connectivity index (χ1v) is 5.29. The molecule has 0 fully saturated rings. The molecule has 0 amide bonds. The van der Waals surface area contributed by atoms with Crippen molar-refractivity contribution in [2.45, 2.75) is 0 Å². The van der Waals surface area contributed by atoms with Gasteiger partial charge in [-0.2, -0.15) is 4.20 Å². The normalized spacial score (nSPS) is 14.8. The van der Waals surface area contributed by atoms with Gasteiger partial charge in [0.05, 0.1) is 11.9 Å². The van der Waals surface area contributed by atoms with Crippen LogP contribution in [0.15, 0.2) is 43.0 Å². The molecule has 0 aliphatic rings. The van der Waals surface area contributed by atoms with E-state index in [1.165, 1.54) is 18.2 Å². The lowest BCUT2D eigenvalue weighted by Gasteiger charge is -2.07. The molecule has 4 heteroatoms. The summed E-state index contributed by atoms with van der Waals surface area (Å²) in [6.07, 6.45) is 1.36. The molecule has 1 aromatic carbocycles. The van der Waals surface area contributed by atoms with E-state index in [0.29, 0.717) is 0 Å². The molecule has 0 N–H and O–H groups in total. The first kappa shape index (κ1) is 10.2. The highest BCUT2D eigenvalue weighted by molar-refractivity contribution is 7.61. The van der Waals surface area contributed by atoms with Crippen molar-refractivity contribution in [1.82, 2.24) is 0 Å². The van der Waals surface area contributed by atoms with Crippen molar-refractivity contribution in [3.05, 3.63) is 43.0 Å². The van der Waals surface area contributed by atoms with Gasteiger partial charge in [-0.15, -0.1) is 6.58 Å². The van der Waals surface area contributed by atoms with Gasteiger partial charge < -0.3 is 0 Å². The molecular weight excluding hydrogens is 190 g/mol. The minimum Gasteiger partial charge on any atom is -0.298 e. The van der Waals surface area contributed by atoms with Crippen LogP contribution in [-0.2, 0) is 9.09 Å². The Morgan fingerprint density at radius 2 is 2.08 bits per heavy atom. The highest BCUT2D eigenvalue weighted by atomic mass is 31.2. The zero-order chi connectivity index (χ0) is 9.73. The second-order valence-corrected chi connectivity index (χ2v) is 4.13. The van der Waals surface area contributed by atoms with E-state index in [9.17, 15) is 8.76 Å². The van der Waals surface area contributed by atoms with Crippen LogP contribution in [0.25, 0.3) is 0 Å². The summed E-state index contributed by atoms with van der Waals surface area (Å²) in [5, 5.41) is 0.0804. The molecule has 13 heavy (non-hydrogen) atoms. The number of hydrogen-bond donors (Lipinski definition) is 0. The number of benzene rings is 1. The standard InChI is InChI=1S/C9H10FO2P/c1-2-8-12-13(10,11)9-6-4-3-5-7-9/h2-7H,1,8H2. The Morgan fingerprint density at radius 3 is 2.62 bits per heavy atom. The molecule has 0 spiro atoms. The monoisotopic (exact) mass is 200 g/mol. The SMILES string of the molecule is C=CCOP(=O)(F)c1ccccc1. The van der Waals surface area contributed by atoms with Crippen LogP contribution < -0.4 is 5.30 Å². The molecule has 70 valence electrons. The van der Waals surface area contributed by atoms with Gasteiger partial charge in [0.15, 0.2) is 0 Å². The quantitative estimate of drug-likeness (QED) is 0.551. The van der Waals surface area contributed by atoms with Crippen LogP contribution in [0.4, 0.5) is 4.20 Å². The molecule has 2 nitrogen and oxygen atoms in total. The molecule has 1 unspecified atom stereocenters. The van der Waals surface area contributed by atoms with Crippen molar-refractivity contribution < 1.29 is 13.3 Å². The summed E-state index contributed by atoms with van der Waals surface area (Å²) in [5.74, 6) is 0. The van der Waals surface area contributed by atoms with Gasteiger partial charge in [0.25, 0.3) is 0 Å². The van der Waals surface area contributed by atoms with E-state index in [1.54, 1.807) is 18.2 Å². The van der Waals surface area contributed by atoms with Gasteiger partial charge >= 0.3 is 7.68 Å². The zero-order valence-electron chi connectivity index (χ0n) is 7.02. The van der Waals surface area contributed by atoms with Crippen LogP contribution in [0, 0.1) is 0 Å². The maximum Gasteiger partial charge on any atom is 0.397 e. The summed E-state index contributed by atoms with van der Waals surface area (Å²) in [7, 11) is -4.13. The van der Waals surface area contributed by atoms with Crippen LogP contribution in [0.2, 0.25) is 0 Å². The third kappa shape index (κ3) is 2.79. The van der Waals surface area contributed by atoms with Crippen LogP contribution in [0.5, 0.6) is 0 Å². The molecule has 0 radical (unpaired) electrons. The molecule has 1 rings (SSSR count). The lowest BCUT2D eigenvalue weighted by molar-refractivity contribution is 0.331. The molecular formula is C9H10FO2P. The number of hydrogen-bond acceptors (Lipinski definition) is 2. The summed E-state index contributed by atoms with van der Waals surface area (Å²) in [6, 6.07) is 7.81.